The van der Waals surface area contributed by atoms with Crippen LogP contribution in [-0.2, 0) is 6.54 Å². The number of rotatable bonds is 6. The van der Waals surface area contributed by atoms with E-state index in [0.717, 1.165) is 12.0 Å². The summed E-state index contributed by atoms with van der Waals surface area (Å²) in [7, 11) is 0. The van der Waals surface area contributed by atoms with Gasteiger partial charge in [-0.1, -0.05) is 30.3 Å². The van der Waals surface area contributed by atoms with Gasteiger partial charge in [0.05, 0.1) is 0 Å². The molecule has 0 atom stereocenters. The topological polar surface area (TPSA) is 64.8 Å². The van der Waals surface area contributed by atoms with Gasteiger partial charge in [-0.05, 0) is 36.7 Å². The van der Waals surface area contributed by atoms with Gasteiger partial charge in [0.1, 0.15) is 0 Å². The maximum absolute atomic E-state index is 12.8. The summed E-state index contributed by atoms with van der Waals surface area (Å²) < 4.78 is 10.6. The molecule has 0 fully saturated rings. The molecule has 1 aliphatic heterocycles. The van der Waals surface area contributed by atoms with Crippen LogP contribution in [-0.4, -0.2) is 30.7 Å². The average molecular weight is 349 g/mol. The second-order valence-corrected chi connectivity index (χ2v) is 5.42. The van der Waals surface area contributed by atoms with Crippen LogP contribution in [0.2, 0.25) is 0 Å². The van der Waals surface area contributed by atoms with Crippen molar-refractivity contribution in [3.63, 3.8) is 0 Å². The summed E-state index contributed by atoms with van der Waals surface area (Å²) in [5, 5.41) is 0. The molecule has 0 saturated carbocycles. The van der Waals surface area contributed by atoms with E-state index in [4.69, 9.17) is 15.2 Å². The van der Waals surface area contributed by atoms with E-state index in [1.165, 1.54) is 0 Å². The van der Waals surface area contributed by atoms with Gasteiger partial charge in [-0.25, -0.2) is 0 Å². The lowest BCUT2D eigenvalue weighted by atomic mass is 10.1. The van der Waals surface area contributed by atoms with E-state index in [1.807, 2.05) is 35.2 Å². The lowest BCUT2D eigenvalue weighted by molar-refractivity contribution is 0.0742. The van der Waals surface area contributed by atoms with Gasteiger partial charge in [0.25, 0.3) is 5.91 Å². The molecule has 0 aliphatic carbocycles. The SMILES string of the molecule is Cl.NCCCN(Cc1ccccc1)C(=O)c1ccc2c(c1)OCO2. The number of ether oxygens (including phenoxy) is 2. The molecular weight excluding hydrogens is 328 g/mol. The largest absolute Gasteiger partial charge is 0.454 e. The number of halogens is 1. The Hall–Kier alpha value is -2.24. The molecule has 3 rings (SSSR count). The van der Waals surface area contributed by atoms with Gasteiger partial charge < -0.3 is 20.1 Å². The van der Waals surface area contributed by atoms with Crippen LogP contribution < -0.4 is 15.2 Å². The zero-order chi connectivity index (χ0) is 16.1. The maximum atomic E-state index is 12.8. The van der Waals surface area contributed by atoms with E-state index in [0.29, 0.717) is 36.7 Å². The van der Waals surface area contributed by atoms with E-state index in [2.05, 4.69) is 0 Å². The number of hydrogen-bond acceptors (Lipinski definition) is 4. The summed E-state index contributed by atoms with van der Waals surface area (Å²) in [6, 6.07) is 15.2. The Morgan fingerprint density at radius 2 is 1.83 bits per heavy atom. The molecule has 0 aromatic heterocycles. The van der Waals surface area contributed by atoms with Crippen molar-refractivity contribution in [3.05, 3.63) is 59.7 Å². The van der Waals surface area contributed by atoms with Crippen LogP contribution in [0.1, 0.15) is 22.3 Å². The third-order valence-electron chi connectivity index (χ3n) is 3.76. The average Bonchev–Trinajstić information content (AvgIpc) is 3.06. The van der Waals surface area contributed by atoms with Crippen LogP contribution in [0.25, 0.3) is 0 Å². The summed E-state index contributed by atoms with van der Waals surface area (Å²) >= 11 is 0. The molecular formula is C18H21ClN2O3. The number of benzene rings is 2. The summed E-state index contributed by atoms with van der Waals surface area (Å²) in [6.45, 7) is 1.94. The number of fused-ring (bicyclic) bond motifs is 1. The fourth-order valence-corrected chi connectivity index (χ4v) is 2.55. The monoisotopic (exact) mass is 348 g/mol. The van der Waals surface area contributed by atoms with Crippen LogP contribution in [0.4, 0.5) is 0 Å². The molecule has 0 radical (unpaired) electrons. The molecule has 0 spiro atoms. The van der Waals surface area contributed by atoms with Crippen molar-refractivity contribution < 1.29 is 14.3 Å². The van der Waals surface area contributed by atoms with Crippen molar-refractivity contribution in [1.29, 1.82) is 0 Å². The summed E-state index contributed by atoms with van der Waals surface area (Å²) in [5.74, 6) is 1.27. The molecule has 24 heavy (non-hydrogen) atoms. The van der Waals surface area contributed by atoms with Gasteiger partial charge in [0.15, 0.2) is 11.5 Å². The smallest absolute Gasteiger partial charge is 0.254 e. The second kappa shape index (κ2) is 8.57. The van der Waals surface area contributed by atoms with Crippen LogP contribution >= 0.6 is 12.4 Å². The van der Waals surface area contributed by atoms with Crippen LogP contribution in [0, 0.1) is 0 Å². The molecule has 128 valence electrons. The molecule has 2 aromatic rings. The zero-order valence-electron chi connectivity index (χ0n) is 13.3. The summed E-state index contributed by atoms with van der Waals surface area (Å²) in [6.07, 6.45) is 0.767. The first-order valence-corrected chi connectivity index (χ1v) is 7.71. The van der Waals surface area contributed by atoms with Crippen molar-refractivity contribution in [2.24, 2.45) is 5.73 Å². The first-order chi connectivity index (χ1) is 11.3. The molecule has 2 aromatic carbocycles. The van der Waals surface area contributed by atoms with E-state index >= 15 is 0 Å². The molecule has 1 heterocycles. The van der Waals surface area contributed by atoms with Crippen LogP contribution in [0.15, 0.2) is 48.5 Å². The number of hydrogen-bond donors (Lipinski definition) is 1. The van der Waals surface area contributed by atoms with E-state index in [1.54, 1.807) is 18.2 Å². The number of nitrogens with two attached hydrogens (primary N) is 1. The molecule has 0 unspecified atom stereocenters. The Kier molecular flexibility index (Phi) is 6.46. The number of amides is 1. The fraction of sp³-hybridized carbons (Fsp3) is 0.278. The van der Waals surface area contributed by atoms with Gasteiger partial charge >= 0.3 is 0 Å². The Bertz CT molecular complexity index is 679. The zero-order valence-corrected chi connectivity index (χ0v) is 14.1. The summed E-state index contributed by atoms with van der Waals surface area (Å²) in [4.78, 5) is 14.7. The number of carbonyl (C=O) groups excluding carboxylic acids is 1. The van der Waals surface area contributed by atoms with Crippen LogP contribution in [0.3, 0.4) is 0 Å². The van der Waals surface area contributed by atoms with Crippen molar-refractivity contribution >= 4 is 18.3 Å². The van der Waals surface area contributed by atoms with Gasteiger partial charge in [-0.3, -0.25) is 4.79 Å². The highest BCUT2D eigenvalue weighted by Gasteiger charge is 2.20. The lowest BCUT2D eigenvalue weighted by Crippen LogP contribution is -2.32. The van der Waals surface area contributed by atoms with Crippen molar-refractivity contribution in [3.8, 4) is 11.5 Å². The Balaban J connectivity index is 0.00000208. The quantitative estimate of drug-likeness (QED) is 0.871. The van der Waals surface area contributed by atoms with Gasteiger partial charge in [0, 0.05) is 18.7 Å². The van der Waals surface area contributed by atoms with Gasteiger partial charge in [-0.2, -0.15) is 0 Å². The van der Waals surface area contributed by atoms with E-state index in [-0.39, 0.29) is 25.1 Å². The fourth-order valence-electron chi connectivity index (χ4n) is 2.55. The summed E-state index contributed by atoms with van der Waals surface area (Å²) in [5.41, 5.74) is 7.30. The van der Waals surface area contributed by atoms with Crippen LogP contribution in [0.5, 0.6) is 11.5 Å². The first-order valence-electron chi connectivity index (χ1n) is 7.71. The highest BCUT2D eigenvalue weighted by atomic mass is 35.5. The van der Waals surface area contributed by atoms with Gasteiger partial charge in [-0.15, -0.1) is 12.4 Å². The Morgan fingerprint density at radius 1 is 1.08 bits per heavy atom. The standard InChI is InChI=1S/C18H20N2O3.ClH/c19-9-4-10-20(12-14-5-2-1-3-6-14)18(21)15-7-8-16-17(11-15)23-13-22-16;/h1-3,5-8,11H,4,9-10,12-13,19H2;1H. The van der Waals surface area contributed by atoms with E-state index in [9.17, 15) is 4.79 Å². The predicted molar refractivity (Wildman–Crippen MR) is 94.7 cm³/mol. The minimum atomic E-state index is -0.0272. The van der Waals surface area contributed by atoms with E-state index < -0.39 is 0 Å². The van der Waals surface area contributed by atoms with Gasteiger partial charge in [0.2, 0.25) is 6.79 Å². The minimum absolute atomic E-state index is 0. The Labute approximate surface area is 147 Å². The third kappa shape index (κ3) is 4.19. The second-order valence-electron chi connectivity index (χ2n) is 5.42. The first kappa shape index (κ1) is 18.1. The molecule has 5 nitrogen and oxygen atoms in total. The third-order valence-corrected chi connectivity index (χ3v) is 3.76. The molecule has 2 N–H and O–H groups in total. The van der Waals surface area contributed by atoms with Crippen molar-refractivity contribution in [2.75, 3.05) is 19.9 Å². The molecule has 0 bridgehead atoms. The maximum Gasteiger partial charge on any atom is 0.254 e. The van der Waals surface area contributed by atoms with Crippen molar-refractivity contribution in [1.82, 2.24) is 4.90 Å². The molecule has 0 saturated heterocycles. The highest BCUT2D eigenvalue weighted by molar-refractivity contribution is 5.95. The molecule has 6 heteroatoms. The molecule has 1 amide bonds. The minimum Gasteiger partial charge on any atom is -0.454 e. The normalized spacial score (nSPS) is 11.7. The number of carbonyl (C=O) groups is 1. The Morgan fingerprint density at radius 3 is 2.58 bits per heavy atom. The predicted octanol–water partition coefficient (Wildman–Crippen LogP) is 2.83. The molecule has 1 aliphatic rings. The lowest BCUT2D eigenvalue weighted by Gasteiger charge is -2.23. The highest BCUT2D eigenvalue weighted by Crippen LogP contribution is 2.32. The van der Waals surface area contributed by atoms with Crippen molar-refractivity contribution in [2.45, 2.75) is 13.0 Å². The number of nitrogens with zero attached hydrogens (tertiary/aromatic N) is 1.